The lowest BCUT2D eigenvalue weighted by Crippen LogP contribution is -1.83. The summed E-state index contributed by atoms with van der Waals surface area (Å²) in [5.41, 5.74) is 0.959. The predicted molar refractivity (Wildman–Crippen MR) is 69.5 cm³/mol. The Balaban J connectivity index is 2.69. The Hall–Kier alpha value is -2.22. The first-order valence-electron chi connectivity index (χ1n) is 5.52. The van der Waals surface area contributed by atoms with Crippen LogP contribution in [0.15, 0.2) is 42.5 Å². The Morgan fingerprint density at radius 1 is 0.706 bits per heavy atom. The van der Waals surface area contributed by atoms with Gasteiger partial charge in [0.15, 0.2) is 0 Å². The zero-order valence-corrected chi connectivity index (χ0v) is 9.44. The topological polar surface area (TPSA) is 40.5 Å². The van der Waals surface area contributed by atoms with E-state index in [2.05, 4.69) is 0 Å². The summed E-state index contributed by atoms with van der Waals surface area (Å²) in [7, 11) is 0. The van der Waals surface area contributed by atoms with Gasteiger partial charge in [0.25, 0.3) is 0 Å². The number of benzene rings is 3. The summed E-state index contributed by atoms with van der Waals surface area (Å²) in [6, 6.07) is 13.0. The second-order valence-corrected chi connectivity index (χ2v) is 4.24. The van der Waals surface area contributed by atoms with E-state index in [0.29, 0.717) is 16.2 Å². The fourth-order valence-electron chi connectivity index (χ4n) is 2.36. The fraction of sp³-hybridized carbons (Fsp3) is 0.0667. The summed E-state index contributed by atoms with van der Waals surface area (Å²) in [6.07, 6.45) is 0. The summed E-state index contributed by atoms with van der Waals surface area (Å²) in [5, 5.41) is 23.3. The molecular weight excluding hydrogens is 212 g/mol. The number of rotatable bonds is 0. The standard InChI is InChI=1S/C15H12O2/c1-9-5-4-8-12-13(9)15(17)11-7-3-2-6-10(11)14(12)16/h2-8,16-17H,1H3. The zero-order chi connectivity index (χ0) is 12.0. The molecule has 0 aliphatic heterocycles. The third-order valence-electron chi connectivity index (χ3n) is 3.20. The van der Waals surface area contributed by atoms with Crippen LogP contribution >= 0.6 is 0 Å². The second-order valence-electron chi connectivity index (χ2n) is 4.24. The van der Waals surface area contributed by atoms with Gasteiger partial charge in [0.1, 0.15) is 11.5 Å². The van der Waals surface area contributed by atoms with Crippen LogP contribution in [0.25, 0.3) is 21.5 Å². The molecule has 0 radical (unpaired) electrons. The molecule has 3 aromatic rings. The van der Waals surface area contributed by atoms with Crippen LogP contribution in [0.1, 0.15) is 5.56 Å². The maximum atomic E-state index is 10.3. The molecule has 2 N–H and O–H groups in total. The molecule has 0 unspecified atom stereocenters. The van der Waals surface area contributed by atoms with Gasteiger partial charge in [-0.15, -0.1) is 0 Å². The third kappa shape index (κ3) is 1.27. The van der Waals surface area contributed by atoms with Gasteiger partial charge >= 0.3 is 0 Å². The van der Waals surface area contributed by atoms with Gasteiger partial charge in [0.2, 0.25) is 0 Å². The molecule has 2 heteroatoms. The summed E-state index contributed by atoms with van der Waals surface area (Å²) in [4.78, 5) is 0. The normalized spacial score (nSPS) is 11.1. The Morgan fingerprint density at radius 3 is 2.00 bits per heavy atom. The molecule has 3 aromatic carbocycles. The molecule has 0 fully saturated rings. The molecule has 0 aromatic heterocycles. The highest BCUT2D eigenvalue weighted by molar-refractivity contribution is 6.11. The fourth-order valence-corrected chi connectivity index (χ4v) is 2.36. The molecule has 0 saturated carbocycles. The van der Waals surface area contributed by atoms with Gasteiger partial charge in [-0.3, -0.25) is 0 Å². The number of hydrogen-bond donors (Lipinski definition) is 2. The van der Waals surface area contributed by atoms with Gasteiger partial charge < -0.3 is 10.2 Å². The van der Waals surface area contributed by atoms with Crippen molar-refractivity contribution in [2.45, 2.75) is 6.92 Å². The zero-order valence-electron chi connectivity index (χ0n) is 9.44. The van der Waals surface area contributed by atoms with E-state index >= 15 is 0 Å². The number of hydrogen-bond acceptors (Lipinski definition) is 2. The maximum absolute atomic E-state index is 10.3. The highest BCUT2D eigenvalue weighted by Crippen LogP contribution is 2.42. The predicted octanol–water partition coefficient (Wildman–Crippen LogP) is 3.71. The molecule has 0 heterocycles. The van der Waals surface area contributed by atoms with Crippen LogP contribution < -0.4 is 0 Å². The second kappa shape index (κ2) is 3.39. The van der Waals surface area contributed by atoms with Crippen LogP contribution in [0.4, 0.5) is 0 Å². The summed E-state index contributed by atoms with van der Waals surface area (Å²) in [5.74, 6) is 0.476. The van der Waals surface area contributed by atoms with Gasteiger partial charge in [-0.2, -0.15) is 0 Å². The minimum Gasteiger partial charge on any atom is -0.507 e. The van der Waals surface area contributed by atoms with Crippen molar-refractivity contribution in [1.82, 2.24) is 0 Å². The minimum absolute atomic E-state index is 0.233. The van der Waals surface area contributed by atoms with Crippen LogP contribution in [-0.4, -0.2) is 10.2 Å². The van der Waals surface area contributed by atoms with E-state index in [1.54, 1.807) is 0 Å². The molecule has 0 amide bonds. The van der Waals surface area contributed by atoms with Crippen molar-refractivity contribution in [1.29, 1.82) is 0 Å². The largest absolute Gasteiger partial charge is 0.507 e. The lowest BCUT2D eigenvalue weighted by molar-refractivity contribution is 0.478. The van der Waals surface area contributed by atoms with Crippen molar-refractivity contribution in [2.75, 3.05) is 0 Å². The van der Waals surface area contributed by atoms with Gasteiger partial charge in [-0.05, 0) is 12.5 Å². The van der Waals surface area contributed by atoms with Crippen LogP contribution in [0.3, 0.4) is 0 Å². The molecule has 0 bridgehead atoms. The summed E-state index contributed by atoms with van der Waals surface area (Å²) >= 11 is 0. The van der Waals surface area contributed by atoms with E-state index in [1.807, 2.05) is 49.4 Å². The number of aryl methyl sites for hydroxylation is 1. The SMILES string of the molecule is Cc1cccc2c(O)c3ccccc3c(O)c12. The molecule has 0 spiro atoms. The van der Waals surface area contributed by atoms with Crippen molar-refractivity contribution in [3.05, 3.63) is 48.0 Å². The van der Waals surface area contributed by atoms with Gasteiger partial charge in [-0.1, -0.05) is 42.5 Å². The first kappa shape index (κ1) is 9.97. The van der Waals surface area contributed by atoms with Crippen molar-refractivity contribution in [3.63, 3.8) is 0 Å². The monoisotopic (exact) mass is 224 g/mol. The van der Waals surface area contributed by atoms with Crippen LogP contribution in [0.5, 0.6) is 11.5 Å². The highest BCUT2D eigenvalue weighted by Gasteiger charge is 2.13. The van der Waals surface area contributed by atoms with Gasteiger partial charge in [0.05, 0.1) is 0 Å². The summed E-state index contributed by atoms with van der Waals surface area (Å²) in [6.45, 7) is 1.93. The van der Waals surface area contributed by atoms with Crippen molar-refractivity contribution in [2.24, 2.45) is 0 Å². The Kier molecular flexibility index (Phi) is 1.99. The van der Waals surface area contributed by atoms with E-state index in [1.165, 1.54) is 0 Å². The van der Waals surface area contributed by atoms with Gasteiger partial charge in [-0.25, -0.2) is 0 Å². The Bertz CT molecular complexity index is 730. The smallest absolute Gasteiger partial charge is 0.131 e. The van der Waals surface area contributed by atoms with Crippen LogP contribution in [0.2, 0.25) is 0 Å². The van der Waals surface area contributed by atoms with Crippen molar-refractivity contribution >= 4 is 21.5 Å². The lowest BCUT2D eigenvalue weighted by Gasteiger charge is -2.11. The molecule has 3 rings (SSSR count). The quantitative estimate of drug-likeness (QED) is 0.451. The van der Waals surface area contributed by atoms with Crippen molar-refractivity contribution in [3.8, 4) is 11.5 Å². The Morgan fingerprint density at radius 2 is 1.29 bits per heavy atom. The number of phenolic OH excluding ortho intramolecular Hbond substituents is 2. The number of aromatic hydroxyl groups is 2. The highest BCUT2D eigenvalue weighted by atomic mass is 16.3. The first-order chi connectivity index (χ1) is 8.20. The maximum Gasteiger partial charge on any atom is 0.131 e. The van der Waals surface area contributed by atoms with E-state index in [0.717, 1.165) is 10.9 Å². The average Bonchev–Trinajstić information content (AvgIpc) is 2.36. The number of phenols is 2. The summed E-state index contributed by atoms with van der Waals surface area (Å²) < 4.78 is 0. The van der Waals surface area contributed by atoms with E-state index in [4.69, 9.17) is 0 Å². The van der Waals surface area contributed by atoms with E-state index in [-0.39, 0.29) is 11.5 Å². The number of fused-ring (bicyclic) bond motifs is 2. The molecular formula is C15H12O2. The van der Waals surface area contributed by atoms with Crippen LogP contribution in [-0.2, 0) is 0 Å². The minimum atomic E-state index is 0.233. The molecule has 17 heavy (non-hydrogen) atoms. The van der Waals surface area contributed by atoms with E-state index < -0.39 is 0 Å². The average molecular weight is 224 g/mol. The molecule has 0 aliphatic carbocycles. The molecule has 0 saturated heterocycles. The van der Waals surface area contributed by atoms with Crippen molar-refractivity contribution < 1.29 is 10.2 Å². The lowest BCUT2D eigenvalue weighted by atomic mass is 9.98. The molecule has 0 aliphatic rings. The molecule has 0 atom stereocenters. The van der Waals surface area contributed by atoms with Gasteiger partial charge in [0, 0.05) is 21.5 Å². The van der Waals surface area contributed by atoms with E-state index in [9.17, 15) is 10.2 Å². The first-order valence-corrected chi connectivity index (χ1v) is 5.52. The van der Waals surface area contributed by atoms with Crippen LogP contribution in [0, 0.1) is 6.92 Å². The Labute approximate surface area is 98.7 Å². The molecule has 84 valence electrons. The third-order valence-corrected chi connectivity index (χ3v) is 3.20. The molecule has 2 nitrogen and oxygen atoms in total.